The molecule has 0 spiro atoms. The van der Waals surface area contributed by atoms with Crippen molar-refractivity contribution in [1.82, 2.24) is 20.2 Å². The van der Waals surface area contributed by atoms with Crippen LogP contribution >= 0.6 is 0 Å². The highest BCUT2D eigenvalue weighted by Crippen LogP contribution is 2.31. The normalized spacial score (nSPS) is 12.7. The van der Waals surface area contributed by atoms with E-state index in [0.29, 0.717) is 59.0 Å². The van der Waals surface area contributed by atoms with Crippen LogP contribution in [-0.2, 0) is 24.5 Å². The lowest BCUT2D eigenvalue weighted by molar-refractivity contribution is 0.100. The Bertz CT molecular complexity index is 1340. The monoisotopic (exact) mass is 430 g/mol. The van der Waals surface area contributed by atoms with Gasteiger partial charge < -0.3 is 25.8 Å². The number of nitrogens with two attached hydrogens (primary N) is 1. The van der Waals surface area contributed by atoms with Gasteiger partial charge in [0, 0.05) is 17.5 Å². The van der Waals surface area contributed by atoms with Gasteiger partial charge >= 0.3 is 7.12 Å². The average molecular weight is 430 g/mol. The van der Waals surface area contributed by atoms with Crippen molar-refractivity contribution in [3.05, 3.63) is 64.8 Å². The van der Waals surface area contributed by atoms with E-state index in [4.69, 9.17) is 10.5 Å². The van der Waals surface area contributed by atoms with Gasteiger partial charge in [-0.05, 0) is 17.1 Å². The zero-order chi connectivity index (χ0) is 22.2. The molecule has 160 valence electrons. The van der Waals surface area contributed by atoms with Crippen LogP contribution in [0.1, 0.15) is 27.2 Å². The number of carbonyl (C=O) groups excluding carboxylic acids is 1. The van der Waals surface area contributed by atoms with E-state index in [9.17, 15) is 14.8 Å². The summed E-state index contributed by atoms with van der Waals surface area (Å²) in [4.78, 5) is 21.1. The van der Waals surface area contributed by atoms with Gasteiger partial charge in [0.2, 0.25) is 0 Å². The molecule has 11 heteroatoms. The lowest BCUT2D eigenvalue weighted by Gasteiger charge is -2.12. The molecule has 5 rings (SSSR count). The number of benzene rings is 2. The Labute approximate surface area is 182 Å². The number of para-hydroxylation sites is 1. The molecule has 0 aliphatic carbocycles. The number of hydrogen-bond donors (Lipinski definition) is 5. The molecule has 0 atom stereocenters. The maximum absolute atomic E-state index is 11.7. The number of hydrogen-bond acceptors (Lipinski definition) is 8. The number of ether oxygens (including phenoxy) is 1. The molecule has 0 saturated heterocycles. The molecule has 0 unspecified atom stereocenters. The van der Waals surface area contributed by atoms with E-state index in [-0.39, 0.29) is 0 Å². The first-order valence-electron chi connectivity index (χ1n) is 9.95. The number of rotatable bonds is 6. The first-order chi connectivity index (χ1) is 15.5. The molecule has 3 heterocycles. The molecule has 0 bridgehead atoms. The van der Waals surface area contributed by atoms with Crippen LogP contribution in [0.2, 0.25) is 0 Å². The number of primary amides is 1. The zero-order valence-electron chi connectivity index (χ0n) is 16.9. The minimum absolute atomic E-state index is 0.343. The summed E-state index contributed by atoms with van der Waals surface area (Å²) in [5.74, 6) is 0.454. The topological polar surface area (TPSA) is 159 Å². The number of nitrogens with one attached hydrogen (secondary N) is 2. The number of nitrogens with zero attached hydrogens (tertiary/aromatic N) is 3. The molecule has 1 aliphatic heterocycles. The second-order valence-corrected chi connectivity index (χ2v) is 7.45. The van der Waals surface area contributed by atoms with E-state index in [1.54, 1.807) is 30.3 Å². The van der Waals surface area contributed by atoms with E-state index in [0.717, 1.165) is 16.8 Å². The number of aromatic nitrogens is 4. The van der Waals surface area contributed by atoms with E-state index < -0.39 is 13.0 Å². The number of anilines is 1. The van der Waals surface area contributed by atoms with Gasteiger partial charge in [-0.1, -0.05) is 36.4 Å². The summed E-state index contributed by atoms with van der Waals surface area (Å²) >= 11 is 0. The summed E-state index contributed by atoms with van der Waals surface area (Å²) < 4.78 is 5.57. The highest BCUT2D eigenvalue weighted by molar-refractivity contribution is 6.58. The smallest absolute Gasteiger partial charge is 0.423 e. The molecule has 6 N–H and O–H groups in total. The van der Waals surface area contributed by atoms with Crippen molar-refractivity contribution < 1.29 is 19.6 Å². The quantitative estimate of drug-likeness (QED) is 0.276. The van der Waals surface area contributed by atoms with Crippen molar-refractivity contribution in [3.63, 3.8) is 0 Å². The van der Waals surface area contributed by atoms with Gasteiger partial charge in [0.15, 0.2) is 5.82 Å². The first-order valence-corrected chi connectivity index (χ1v) is 9.95. The summed E-state index contributed by atoms with van der Waals surface area (Å²) in [5.41, 5.74) is 9.76. The molecule has 0 fully saturated rings. The summed E-state index contributed by atoms with van der Waals surface area (Å²) in [7, 11) is -1.53. The van der Waals surface area contributed by atoms with Gasteiger partial charge in [-0.15, -0.1) is 0 Å². The van der Waals surface area contributed by atoms with E-state index >= 15 is 0 Å². The molecule has 10 nitrogen and oxygen atoms in total. The molecule has 2 aromatic carbocycles. The fraction of sp³-hybridized carbons (Fsp3) is 0.143. The lowest BCUT2D eigenvalue weighted by Crippen LogP contribution is -2.30. The summed E-state index contributed by atoms with van der Waals surface area (Å²) in [5, 5.41) is 30.0. The van der Waals surface area contributed by atoms with E-state index in [2.05, 4.69) is 25.5 Å². The molecule has 2 aromatic heterocycles. The summed E-state index contributed by atoms with van der Waals surface area (Å²) in [6.45, 7) is 1.16. The summed E-state index contributed by atoms with van der Waals surface area (Å²) in [6, 6.07) is 12.2. The molecule has 4 aromatic rings. The van der Waals surface area contributed by atoms with Crippen LogP contribution in [0, 0.1) is 0 Å². The molecule has 0 saturated carbocycles. The van der Waals surface area contributed by atoms with Gasteiger partial charge in [0.1, 0.15) is 11.5 Å². The minimum Gasteiger partial charge on any atom is -0.423 e. The third-order valence-corrected chi connectivity index (χ3v) is 5.36. The van der Waals surface area contributed by atoms with Crippen molar-refractivity contribution in [3.8, 4) is 11.5 Å². The molecular formula is C21H19BN6O4. The van der Waals surface area contributed by atoms with Gasteiger partial charge in [0.25, 0.3) is 5.91 Å². The van der Waals surface area contributed by atoms with Crippen LogP contribution < -0.4 is 16.5 Å². The van der Waals surface area contributed by atoms with Crippen molar-refractivity contribution in [2.75, 3.05) is 5.32 Å². The fourth-order valence-electron chi connectivity index (χ4n) is 3.77. The predicted octanol–water partition coefficient (Wildman–Crippen LogP) is 0.441. The number of carbonyl (C=O) groups is 1. The van der Waals surface area contributed by atoms with Crippen molar-refractivity contribution in [2.24, 2.45) is 5.73 Å². The van der Waals surface area contributed by atoms with E-state index in [1.807, 2.05) is 12.1 Å². The maximum atomic E-state index is 11.7. The van der Waals surface area contributed by atoms with Crippen LogP contribution in [0.3, 0.4) is 0 Å². The SMILES string of the molecule is NC(=O)c1cccc2c(-c3nc4c(c(NCc5cccc(B(O)O)c5)n3)COC4)n[nH]c12. The van der Waals surface area contributed by atoms with Crippen LogP contribution in [0.25, 0.3) is 22.4 Å². The number of aromatic amines is 1. The van der Waals surface area contributed by atoms with Gasteiger partial charge in [-0.2, -0.15) is 5.10 Å². The van der Waals surface area contributed by atoms with Gasteiger partial charge in [-0.25, -0.2) is 9.97 Å². The van der Waals surface area contributed by atoms with Gasteiger partial charge in [0.05, 0.1) is 30.0 Å². The van der Waals surface area contributed by atoms with Crippen molar-refractivity contribution in [1.29, 1.82) is 0 Å². The van der Waals surface area contributed by atoms with Crippen molar-refractivity contribution >= 4 is 35.2 Å². The highest BCUT2D eigenvalue weighted by atomic mass is 16.5. The first kappa shape index (κ1) is 20.1. The van der Waals surface area contributed by atoms with Crippen LogP contribution in [0.5, 0.6) is 0 Å². The second-order valence-electron chi connectivity index (χ2n) is 7.45. The number of amides is 1. The lowest BCUT2D eigenvalue weighted by atomic mass is 9.79. The number of fused-ring (bicyclic) bond motifs is 2. The van der Waals surface area contributed by atoms with Crippen LogP contribution in [-0.4, -0.2) is 43.2 Å². The van der Waals surface area contributed by atoms with E-state index in [1.165, 1.54) is 0 Å². The number of H-pyrrole nitrogens is 1. The third-order valence-electron chi connectivity index (χ3n) is 5.36. The fourth-order valence-corrected chi connectivity index (χ4v) is 3.77. The average Bonchev–Trinajstić information content (AvgIpc) is 3.44. The maximum Gasteiger partial charge on any atom is 0.488 e. The Morgan fingerprint density at radius 3 is 2.84 bits per heavy atom. The Balaban J connectivity index is 1.52. The van der Waals surface area contributed by atoms with Gasteiger partial charge in [-0.3, -0.25) is 9.89 Å². The third kappa shape index (κ3) is 3.58. The Hall–Kier alpha value is -3.80. The largest absolute Gasteiger partial charge is 0.488 e. The minimum atomic E-state index is -1.53. The van der Waals surface area contributed by atoms with Crippen LogP contribution in [0.4, 0.5) is 5.82 Å². The van der Waals surface area contributed by atoms with Crippen LogP contribution in [0.15, 0.2) is 42.5 Å². The molecule has 32 heavy (non-hydrogen) atoms. The standard InChI is InChI=1S/C21H19BN6O4/c23-19(29)14-6-2-5-13-17(14)27-28-18(13)21-25-16-10-32-9-15(16)20(26-21)24-8-11-3-1-4-12(7-11)22(30)31/h1-7,30-31H,8-10H2,(H2,23,29)(H,27,28)(H,24,25,26). The summed E-state index contributed by atoms with van der Waals surface area (Å²) in [6.07, 6.45) is 0. The predicted molar refractivity (Wildman–Crippen MR) is 118 cm³/mol. The molecule has 1 amide bonds. The Morgan fingerprint density at radius 2 is 2.03 bits per heavy atom. The molecular weight excluding hydrogens is 411 g/mol. The zero-order valence-corrected chi connectivity index (χ0v) is 16.9. The van der Waals surface area contributed by atoms with Crippen molar-refractivity contribution in [2.45, 2.75) is 19.8 Å². The molecule has 0 radical (unpaired) electrons. The highest BCUT2D eigenvalue weighted by Gasteiger charge is 2.23. The second kappa shape index (κ2) is 8.04. The molecule has 1 aliphatic rings. The Kier molecular flexibility index (Phi) is 5.06. The Morgan fingerprint density at radius 1 is 1.19 bits per heavy atom.